The van der Waals surface area contributed by atoms with E-state index in [0.717, 1.165) is 37.2 Å². The number of hydrogen-bond donors (Lipinski definition) is 2. The zero-order valence-corrected chi connectivity index (χ0v) is 11.8. The Morgan fingerprint density at radius 2 is 1.94 bits per heavy atom. The zero-order chi connectivity index (χ0) is 12.3. The summed E-state index contributed by atoms with van der Waals surface area (Å²) >= 11 is 0. The molecule has 18 heavy (non-hydrogen) atoms. The number of halogens is 1. The fraction of sp³-hybridized carbons (Fsp3) is 0.500. The number of anilines is 1. The summed E-state index contributed by atoms with van der Waals surface area (Å²) in [6.07, 6.45) is 1.88. The molecule has 0 spiro atoms. The van der Waals surface area contributed by atoms with E-state index in [-0.39, 0.29) is 24.2 Å². The van der Waals surface area contributed by atoms with Crippen molar-refractivity contribution in [3.63, 3.8) is 0 Å². The van der Waals surface area contributed by atoms with Gasteiger partial charge in [0.05, 0.1) is 0 Å². The zero-order valence-electron chi connectivity index (χ0n) is 11.0. The Morgan fingerprint density at radius 1 is 1.28 bits per heavy atom. The minimum absolute atomic E-state index is 0. The largest absolute Gasteiger partial charge is 0.326 e. The van der Waals surface area contributed by atoms with Crippen molar-refractivity contribution in [2.45, 2.75) is 26.7 Å². The van der Waals surface area contributed by atoms with Crippen molar-refractivity contribution in [2.24, 2.45) is 5.92 Å². The van der Waals surface area contributed by atoms with Gasteiger partial charge in [-0.15, -0.1) is 12.4 Å². The van der Waals surface area contributed by atoms with Gasteiger partial charge in [0.1, 0.15) is 0 Å². The summed E-state index contributed by atoms with van der Waals surface area (Å²) in [5, 5.41) is 6.31. The van der Waals surface area contributed by atoms with Gasteiger partial charge in [-0.3, -0.25) is 4.79 Å². The van der Waals surface area contributed by atoms with Crippen molar-refractivity contribution in [3.05, 3.63) is 29.3 Å². The molecule has 0 unspecified atom stereocenters. The van der Waals surface area contributed by atoms with Crippen molar-refractivity contribution < 1.29 is 4.79 Å². The third-order valence-electron chi connectivity index (χ3n) is 3.35. The maximum atomic E-state index is 12.1. The van der Waals surface area contributed by atoms with Crippen molar-refractivity contribution in [1.29, 1.82) is 0 Å². The number of rotatable bonds is 2. The molecule has 1 aromatic rings. The van der Waals surface area contributed by atoms with Gasteiger partial charge in [-0.05, 0) is 51.4 Å². The molecule has 0 saturated carbocycles. The predicted octanol–water partition coefficient (Wildman–Crippen LogP) is 2.66. The van der Waals surface area contributed by atoms with Gasteiger partial charge in [0.2, 0.25) is 5.91 Å². The van der Waals surface area contributed by atoms with E-state index in [4.69, 9.17) is 0 Å². The summed E-state index contributed by atoms with van der Waals surface area (Å²) in [7, 11) is 0. The average molecular weight is 269 g/mol. The molecule has 2 rings (SSSR count). The molecule has 0 bridgehead atoms. The Bertz CT molecular complexity index is 414. The van der Waals surface area contributed by atoms with Crippen LogP contribution >= 0.6 is 12.4 Å². The highest BCUT2D eigenvalue weighted by Crippen LogP contribution is 2.19. The van der Waals surface area contributed by atoms with Gasteiger partial charge in [0.15, 0.2) is 0 Å². The second kappa shape index (κ2) is 6.76. The van der Waals surface area contributed by atoms with E-state index < -0.39 is 0 Å². The highest BCUT2D eigenvalue weighted by atomic mass is 35.5. The van der Waals surface area contributed by atoms with Gasteiger partial charge < -0.3 is 10.6 Å². The molecule has 1 fully saturated rings. The van der Waals surface area contributed by atoms with Gasteiger partial charge >= 0.3 is 0 Å². The van der Waals surface area contributed by atoms with Crippen LogP contribution in [-0.4, -0.2) is 19.0 Å². The van der Waals surface area contributed by atoms with Gasteiger partial charge in [0.25, 0.3) is 0 Å². The molecule has 1 aliphatic rings. The molecule has 1 saturated heterocycles. The van der Waals surface area contributed by atoms with E-state index in [1.807, 2.05) is 19.1 Å². The number of carbonyl (C=O) groups is 1. The lowest BCUT2D eigenvalue weighted by atomic mass is 9.97. The molecule has 3 nitrogen and oxygen atoms in total. The summed E-state index contributed by atoms with van der Waals surface area (Å²) in [4.78, 5) is 12.1. The lowest BCUT2D eigenvalue weighted by molar-refractivity contribution is -0.120. The van der Waals surface area contributed by atoms with Crippen LogP contribution in [0, 0.1) is 19.8 Å². The second-order valence-electron chi connectivity index (χ2n) is 4.83. The van der Waals surface area contributed by atoms with Crippen LogP contribution in [0.2, 0.25) is 0 Å². The summed E-state index contributed by atoms with van der Waals surface area (Å²) in [5.41, 5.74) is 3.30. The highest BCUT2D eigenvalue weighted by molar-refractivity contribution is 5.93. The fourth-order valence-corrected chi connectivity index (χ4v) is 2.27. The van der Waals surface area contributed by atoms with Crippen LogP contribution in [0.15, 0.2) is 18.2 Å². The first-order chi connectivity index (χ1) is 8.16. The molecular weight excluding hydrogens is 248 g/mol. The molecule has 1 heterocycles. The SMILES string of the molecule is Cc1ccc(NC(=O)C2CCNCC2)c(C)c1.Cl. The van der Waals surface area contributed by atoms with Crippen LogP contribution in [0.4, 0.5) is 5.69 Å². The number of hydrogen-bond acceptors (Lipinski definition) is 2. The Morgan fingerprint density at radius 3 is 2.56 bits per heavy atom. The molecule has 0 aliphatic carbocycles. The van der Waals surface area contributed by atoms with Gasteiger partial charge in [0, 0.05) is 11.6 Å². The molecule has 2 N–H and O–H groups in total. The van der Waals surface area contributed by atoms with Gasteiger partial charge in [-0.25, -0.2) is 0 Å². The fourth-order valence-electron chi connectivity index (χ4n) is 2.27. The van der Waals surface area contributed by atoms with Gasteiger partial charge in [-0.2, -0.15) is 0 Å². The number of benzene rings is 1. The average Bonchev–Trinajstić information content (AvgIpc) is 2.34. The third kappa shape index (κ3) is 3.72. The normalized spacial score (nSPS) is 15.9. The Balaban J connectivity index is 0.00000162. The van der Waals surface area contributed by atoms with Crippen LogP contribution in [0.3, 0.4) is 0 Å². The summed E-state index contributed by atoms with van der Waals surface area (Å²) in [6.45, 7) is 5.99. The standard InChI is InChI=1S/C14H20N2O.ClH/c1-10-3-4-13(11(2)9-10)16-14(17)12-5-7-15-8-6-12;/h3-4,9,12,15H,5-8H2,1-2H3,(H,16,17);1H. The predicted molar refractivity (Wildman–Crippen MR) is 77.4 cm³/mol. The van der Waals surface area contributed by atoms with Crippen LogP contribution in [0.5, 0.6) is 0 Å². The van der Waals surface area contributed by atoms with Crippen LogP contribution in [0.1, 0.15) is 24.0 Å². The minimum atomic E-state index is 0. The number of aryl methyl sites for hydroxylation is 2. The van der Waals surface area contributed by atoms with E-state index in [1.54, 1.807) is 0 Å². The summed E-state index contributed by atoms with van der Waals surface area (Å²) < 4.78 is 0. The van der Waals surface area contributed by atoms with Crippen LogP contribution < -0.4 is 10.6 Å². The summed E-state index contributed by atoms with van der Waals surface area (Å²) in [5.74, 6) is 0.329. The lowest BCUT2D eigenvalue weighted by Crippen LogP contribution is -2.34. The second-order valence-corrected chi connectivity index (χ2v) is 4.83. The maximum Gasteiger partial charge on any atom is 0.227 e. The molecule has 1 amide bonds. The van der Waals surface area contributed by atoms with Crippen molar-refractivity contribution >= 4 is 24.0 Å². The Labute approximate surface area is 115 Å². The molecule has 4 heteroatoms. The highest BCUT2D eigenvalue weighted by Gasteiger charge is 2.21. The maximum absolute atomic E-state index is 12.1. The van der Waals surface area contributed by atoms with Crippen molar-refractivity contribution in [3.8, 4) is 0 Å². The summed E-state index contributed by atoms with van der Waals surface area (Å²) in [6, 6.07) is 6.12. The number of nitrogens with one attached hydrogen (secondary N) is 2. The molecular formula is C14H21ClN2O. The first kappa shape index (κ1) is 15.0. The smallest absolute Gasteiger partial charge is 0.227 e. The van der Waals surface area contributed by atoms with E-state index in [9.17, 15) is 4.79 Å². The molecule has 0 aromatic heterocycles. The van der Waals surface area contributed by atoms with Gasteiger partial charge in [-0.1, -0.05) is 17.7 Å². The van der Waals surface area contributed by atoms with E-state index in [0.29, 0.717) is 0 Å². The monoisotopic (exact) mass is 268 g/mol. The molecule has 0 atom stereocenters. The van der Waals surface area contributed by atoms with E-state index in [2.05, 4.69) is 23.6 Å². The number of carbonyl (C=O) groups excluding carboxylic acids is 1. The topological polar surface area (TPSA) is 41.1 Å². The number of amides is 1. The van der Waals surface area contributed by atoms with Crippen molar-refractivity contribution in [1.82, 2.24) is 5.32 Å². The molecule has 100 valence electrons. The van der Waals surface area contributed by atoms with E-state index >= 15 is 0 Å². The minimum Gasteiger partial charge on any atom is -0.326 e. The quantitative estimate of drug-likeness (QED) is 0.866. The van der Waals surface area contributed by atoms with Crippen molar-refractivity contribution in [2.75, 3.05) is 18.4 Å². The van der Waals surface area contributed by atoms with Crippen LogP contribution in [0.25, 0.3) is 0 Å². The lowest BCUT2D eigenvalue weighted by Gasteiger charge is -2.22. The number of piperidine rings is 1. The Hall–Kier alpha value is -1.06. The van der Waals surface area contributed by atoms with E-state index in [1.165, 1.54) is 5.56 Å². The third-order valence-corrected chi connectivity index (χ3v) is 3.35. The molecule has 0 radical (unpaired) electrons. The molecule has 1 aromatic carbocycles. The Kier molecular flexibility index (Phi) is 5.63. The molecule has 1 aliphatic heterocycles. The van der Waals surface area contributed by atoms with Crippen LogP contribution in [-0.2, 0) is 4.79 Å². The first-order valence-electron chi connectivity index (χ1n) is 6.25. The first-order valence-corrected chi connectivity index (χ1v) is 6.25.